The molecular formula is C19H26O3. The van der Waals surface area contributed by atoms with Gasteiger partial charge in [0, 0.05) is 0 Å². The van der Waals surface area contributed by atoms with Gasteiger partial charge in [-0.1, -0.05) is 38.3 Å². The summed E-state index contributed by atoms with van der Waals surface area (Å²) < 4.78 is 10.6. The minimum absolute atomic E-state index is 0.272. The van der Waals surface area contributed by atoms with Gasteiger partial charge in [-0.25, -0.2) is 4.79 Å². The van der Waals surface area contributed by atoms with Crippen LogP contribution in [0.25, 0.3) is 0 Å². The quantitative estimate of drug-likeness (QED) is 0.441. The van der Waals surface area contributed by atoms with Gasteiger partial charge in [0.15, 0.2) is 0 Å². The third kappa shape index (κ3) is 4.12. The molecule has 22 heavy (non-hydrogen) atoms. The van der Waals surface area contributed by atoms with E-state index in [1.165, 1.54) is 44.8 Å². The fourth-order valence-electron chi connectivity index (χ4n) is 2.99. The van der Waals surface area contributed by atoms with E-state index in [4.69, 9.17) is 9.47 Å². The second-order valence-corrected chi connectivity index (χ2v) is 5.93. The van der Waals surface area contributed by atoms with Crippen molar-refractivity contribution >= 4 is 5.97 Å². The highest BCUT2D eigenvalue weighted by Crippen LogP contribution is 2.35. The number of esters is 1. The molecule has 0 atom stereocenters. The Hall–Kier alpha value is -1.77. The maximum atomic E-state index is 11.8. The van der Waals surface area contributed by atoms with E-state index < -0.39 is 5.97 Å². The van der Waals surface area contributed by atoms with Crippen LogP contribution in [0.1, 0.15) is 62.5 Å². The van der Waals surface area contributed by atoms with E-state index in [9.17, 15) is 4.79 Å². The van der Waals surface area contributed by atoms with Crippen LogP contribution < -0.4 is 4.74 Å². The number of methoxy groups -OCH3 is 1. The molecule has 0 bridgehead atoms. The summed E-state index contributed by atoms with van der Waals surface area (Å²) in [7, 11) is 1.38. The first-order valence-electron chi connectivity index (χ1n) is 8.22. The van der Waals surface area contributed by atoms with Crippen LogP contribution in [0, 0.1) is 6.92 Å². The number of benzene rings is 1. The summed E-state index contributed by atoms with van der Waals surface area (Å²) in [5, 5.41) is 0. The molecule has 0 heterocycles. The van der Waals surface area contributed by atoms with Crippen molar-refractivity contribution in [1.29, 1.82) is 0 Å². The van der Waals surface area contributed by atoms with E-state index in [1.807, 2.05) is 13.8 Å². The van der Waals surface area contributed by atoms with E-state index in [-0.39, 0.29) is 5.76 Å². The van der Waals surface area contributed by atoms with Crippen molar-refractivity contribution in [3.63, 3.8) is 0 Å². The summed E-state index contributed by atoms with van der Waals surface area (Å²) in [6, 6.07) is 6.37. The third-order valence-electron chi connectivity index (χ3n) is 4.28. The number of rotatable bonds is 5. The Morgan fingerprint density at radius 2 is 2.00 bits per heavy atom. The van der Waals surface area contributed by atoms with Crippen LogP contribution in [0.15, 0.2) is 30.0 Å². The minimum Gasteiger partial charge on any atom is -0.463 e. The Labute approximate surface area is 133 Å². The molecule has 0 saturated heterocycles. The van der Waals surface area contributed by atoms with Crippen LogP contribution in [0.3, 0.4) is 0 Å². The molecule has 0 aromatic heterocycles. The largest absolute Gasteiger partial charge is 0.463 e. The van der Waals surface area contributed by atoms with E-state index >= 15 is 0 Å². The normalized spacial score (nSPS) is 16.4. The Balaban J connectivity index is 2.22. The van der Waals surface area contributed by atoms with Gasteiger partial charge in [-0.2, -0.15) is 0 Å². The first kappa shape index (κ1) is 16.6. The number of hydrogen-bond donors (Lipinski definition) is 0. The molecule has 1 saturated carbocycles. The Morgan fingerprint density at radius 3 is 2.64 bits per heavy atom. The molecule has 3 heteroatoms. The smallest absolute Gasteiger partial charge is 0.373 e. The number of carbonyl (C=O) groups is 1. The van der Waals surface area contributed by atoms with Gasteiger partial charge in [0.25, 0.3) is 0 Å². The second kappa shape index (κ2) is 8.02. The molecule has 1 aliphatic carbocycles. The SMILES string of the molecule is CC/C=C(\Oc1cc(C2CCCCC2)ccc1C)C(=O)OC. The monoisotopic (exact) mass is 302 g/mol. The van der Waals surface area contributed by atoms with Crippen molar-refractivity contribution in [2.45, 2.75) is 58.3 Å². The van der Waals surface area contributed by atoms with Crippen LogP contribution in [0.2, 0.25) is 0 Å². The molecule has 1 aliphatic rings. The predicted molar refractivity (Wildman–Crippen MR) is 88.0 cm³/mol. The molecule has 2 rings (SSSR count). The fourth-order valence-corrected chi connectivity index (χ4v) is 2.99. The highest BCUT2D eigenvalue weighted by Gasteiger charge is 2.18. The van der Waals surface area contributed by atoms with E-state index in [0.29, 0.717) is 5.92 Å². The van der Waals surface area contributed by atoms with Crippen molar-refractivity contribution in [2.75, 3.05) is 7.11 Å². The van der Waals surface area contributed by atoms with E-state index in [2.05, 4.69) is 18.2 Å². The van der Waals surface area contributed by atoms with Gasteiger partial charge in [-0.15, -0.1) is 0 Å². The first-order chi connectivity index (χ1) is 10.7. The highest BCUT2D eigenvalue weighted by molar-refractivity contribution is 5.86. The lowest BCUT2D eigenvalue weighted by atomic mass is 9.84. The lowest BCUT2D eigenvalue weighted by molar-refractivity contribution is -0.138. The van der Waals surface area contributed by atoms with Crippen LogP contribution in [0.4, 0.5) is 0 Å². The van der Waals surface area contributed by atoms with E-state index in [0.717, 1.165) is 17.7 Å². The number of hydrogen-bond acceptors (Lipinski definition) is 3. The van der Waals surface area contributed by atoms with Crippen molar-refractivity contribution in [3.8, 4) is 5.75 Å². The van der Waals surface area contributed by atoms with Crippen molar-refractivity contribution in [3.05, 3.63) is 41.2 Å². The summed E-state index contributed by atoms with van der Waals surface area (Å²) in [4.78, 5) is 11.8. The summed E-state index contributed by atoms with van der Waals surface area (Å²) in [6.45, 7) is 3.97. The molecule has 0 radical (unpaired) electrons. The van der Waals surface area contributed by atoms with Crippen molar-refractivity contribution < 1.29 is 14.3 Å². The molecule has 0 amide bonds. The zero-order chi connectivity index (χ0) is 15.9. The molecule has 3 nitrogen and oxygen atoms in total. The molecular weight excluding hydrogens is 276 g/mol. The molecule has 120 valence electrons. The summed E-state index contributed by atoms with van der Waals surface area (Å²) in [5.41, 5.74) is 2.35. The predicted octanol–water partition coefficient (Wildman–Crippen LogP) is 4.89. The van der Waals surface area contributed by atoms with Crippen LogP contribution >= 0.6 is 0 Å². The molecule has 1 aromatic carbocycles. The molecule has 0 N–H and O–H groups in total. The zero-order valence-electron chi connectivity index (χ0n) is 13.9. The van der Waals surface area contributed by atoms with Crippen LogP contribution in [-0.4, -0.2) is 13.1 Å². The average molecular weight is 302 g/mol. The average Bonchev–Trinajstić information content (AvgIpc) is 2.56. The standard InChI is InChI=1S/C19H26O3/c1-4-8-17(19(20)21-3)22-18-13-16(12-11-14(18)2)15-9-6-5-7-10-15/h8,11-13,15H,4-7,9-10H2,1-3H3/b17-8-. The van der Waals surface area contributed by atoms with Gasteiger partial charge in [-0.3, -0.25) is 0 Å². The molecule has 1 fully saturated rings. The fraction of sp³-hybridized carbons (Fsp3) is 0.526. The highest BCUT2D eigenvalue weighted by atomic mass is 16.6. The summed E-state index contributed by atoms with van der Waals surface area (Å²) in [6.07, 6.45) is 8.94. The maximum Gasteiger partial charge on any atom is 0.373 e. The van der Waals surface area contributed by atoms with Crippen LogP contribution in [-0.2, 0) is 9.53 Å². The number of ether oxygens (including phenoxy) is 2. The van der Waals surface area contributed by atoms with Crippen molar-refractivity contribution in [2.24, 2.45) is 0 Å². The Kier molecular flexibility index (Phi) is 6.05. The number of allylic oxidation sites excluding steroid dienone is 1. The van der Waals surface area contributed by atoms with E-state index in [1.54, 1.807) is 6.08 Å². The van der Waals surface area contributed by atoms with Crippen LogP contribution in [0.5, 0.6) is 5.75 Å². The minimum atomic E-state index is -0.427. The van der Waals surface area contributed by atoms with Crippen molar-refractivity contribution in [1.82, 2.24) is 0 Å². The lowest BCUT2D eigenvalue weighted by Crippen LogP contribution is -2.12. The Bertz CT molecular complexity index is 540. The third-order valence-corrected chi connectivity index (χ3v) is 4.28. The van der Waals surface area contributed by atoms with Gasteiger partial charge < -0.3 is 9.47 Å². The van der Waals surface area contributed by atoms with Gasteiger partial charge in [0.2, 0.25) is 5.76 Å². The number of aryl methyl sites for hydroxylation is 1. The zero-order valence-corrected chi connectivity index (χ0v) is 13.9. The lowest BCUT2D eigenvalue weighted by Gasteiger charge is -2.23. The molecule has 0 spiro atoms. The summed E-state index contributed by atoms with van der Waals surface area (Å²) >= 11 is 0. The van der Waals surface area contributed by atoms with Gasteiger partial charge in [-0.05, 0) is 55.4 Å². The maximum absolute atomic E-state index is 11.8. The second-order valence-electron chi connectivity index (χ2n) is 5.93. The van der Waals surface area contributed by atoms with Gasteiger partial charge in [0.1, 0.15) is 5.75 Å². The van der Waals surface area contributed by atoms with Gasteiger partial charge >= 0.3 is 5.97 Å². The number of carbonyl (C=O) groups excluding carboxylic acids is 1. The molecule has 0 aliphatic heterocycles. The first-order valence-corrected chi connectivity index (χ1v) is 8.22. The topological polar surface area (TPSA) is 35.5 Å². The molecule has 1 aromatic rings. The van der Waals surface area contributed by atoms with Gasteiger partial charge in [0.05, 0.1) is 7.11 Å². The summed E-state index contributed by atoms with van der Waals surface area (Å²) in [5.74, 6) is 1.22. The molecule has 0 unspecified atom stereocenters. The Morgan fingerprint density at radius 1 is 1.27 bits per heavy atom.